The van der Waals surface area contributed by atoms with Gasteiger partial charge in [0.2, 0.25) is 11.8 Å². The third kappa shape index (κ3) is 4.42. The van der Waals surface area contributed by atoms with Crippen molar-refractivity contribution in [3.8, 4) is 5.75 Å². The second kappa shape index (κ2) is 8.44. The zero-order valence-electron chi connectivity index (χ0n) is 15.5. The van der Waals surface area contributed by atoms with E-state index in [0.717, 1.165) is 6.42 Å². The van der Waals surface area contributed by atoms with Crippen molar-refractivity contribution in [3.63, 3.8) is 0 Å². The van der Waals surface area contributed by atoms with Crippen LogP contribution in [-0.2, 0) is 16.0 Å². The maximum Gasteiger partial charge on any atom is 0.227 e. The van der Waals surface area contributed by atoms with Crippen LogP contribution >= 0.6 is 11.6 Å². The highest BCUT2D eigenvalue weighted by molar-refractivity contribution is 6.31. The molecule has 1 heterocycles. The molecule has 1 saturated heterocycles. The number of carbonyl (C=O) groups excluding carboxylic acids is 2. The lowest BCUT2D eigenvalue weighted by molar-refractivity contribution is -0.126. The number of hydrogen-bond acceptors (Lipinski definition) is 3. The van der Waals surface area contributed by atoms with E-state index in [1.165, 1.54) is 11.1 Å². The molecule has 2 aromatic rings. The van der Waals surface area contributed by atoms with E-state index in [9.17, 15) is 9.59 Å². The van der Waals surface area contributed by atoms with Crippen molar-refractivity contribution < 1.29 is 14.3 Å². The number of carbonyl (C=O) groups is 2. The summed E-state index contributed by atoms with van der Waals surface area (Å²) in [6.45, 7) is 2.93. The Morgan fingerprint density at radius 3 is 2.81 bits per heavy atom. The van der Waals surface area contributed by atoms with Crippen LogP contribution in [0.4, 0.5) is 5.69 Å². The molecular formula is C21H23ClN2O3. The minimum atomic E-state index is -0.377. The van der Waals surface area contributed by atoms with Crippen LogP contribution in [0.15, 0.2) is 42.5 Å². The van der Waals surface area contributed by atoms with Crippen molar-refractivity contribution in [1.82, 2.24) is 5.32 Å². The highest BCUT2D eigenvalue weighted by Gasteiger charge is 2.36. The van der Waals surface area contributed by atoms with Crippen molar-refractivity contribution in [2.24, 2.45) is 5.92 Å². The maximum absolute atomic E-state index is 12.5. The van der Waals surface area contributed by atoms with Gasteiger partial charge in [-0.15, -0.1) is 0 Å². The van der Waals surface area contributed by atoms with Crippen molar-refractivity contribution in [1.29, 1.82) is 0 Å². The summed E-state index contributed by atoms with van der Waals surface area (Å²) in [5.74, 6) is -0.0125. The Morgan fingerprint density at radius 2 is 2.07 bits per heavy atom. The topological polar surface area (TPSA) is 58.6 Å². The van der Waals surface area contributed by atoms with Crippen molar-refractivity contribution in [2.75, 3.05) is 25.1 Å². The van der Waals surface area contributed by atoms with Gasteiger partial charge in [0, 0.05) is 24.5 Å². The minimum absolute atomic E-state index is 0.0968. The molecule has 1 atom stereocenters. The van der Waals surface area contributed by atoms with Crippen molar-refractivity contribution in [2.45, 2.75) is 19.8 Å². The first-order valence-electron chi connectivity index (χ1n) is 8.95. The number of hydrogen-bond donors (Lipinski definition) is 1. The molecule has 0 aliphatic carbocycles. The van der Waals surface area contributed by atoms with Crippen LogP contribution in [0, 0.1) is 12.8 Å². The van der Waals surface area contributed by atoms with Crippen LogP contribution in [0.3, 0.4) is 0 Å². The summed E-state index contributed by atoms with van der Waals surface area (Å²) in [6, 6.07) is 13.2. The normalized spacial score (nSPS) is 16.5. The summed E-state index contributed by atoms with van der Waals surface area (Å²) >= 11 is 6.07. The van der Waals surface area contributed by atoms with E-state index in [1.54, 1.807) is 30.2 Å². The van der Waals surface area contributed by atoms with Gasteiger partial charge in [-0.05, 0) is 42.7 Å². The molecular weight excluding hydrogens is 364 g/mol. The summed E-state index contributed by atoms with van der Waals surface area (Å²) < 4.78 is 5.33. The molecule has 6 heteroatoms. The molecule has 1 fully saturated rings. The number of nitrogens with zero attached hydrogens (tertiary/aromatic N) is 1. The second-order valence-electron chi connectivity index (χ2n) is 6.69. The molecule has 27 heavy (non-hydrogen) atoms. The van der Waals surface area contributed by atoms with Gasteiger partial charge in [-0.1, -0.05) is 35.9 Å². The molecule has 2 amide bonds. The van der Waals surface area contributed by atoms with Crippen LogP contribution in [0.25, 0.3) is 0 Å². The van der Waals surface area contributed by atoms with Gasteiger partial charge < -0.3 is 15.0 Å². The first-order valence-corrected chi connectivity index (χ1v) is 9.33. The number of anilines is 1. The van der Waals surface area contributed by atoms with Crippen LogP contribution in [0.1, 0.15) is 17.5 Å². The highest BCUT2D eigenvalue weighted by Crippen LogP contribution is 2.35. The molecule has 0 aromatic heterocycles. The Balaban J connectivity index is 1.61. The quantitative estimate of drug-likeness (QED) is 0.828. The largest absolute Gasteiger partial charge is 0.495 e. The molecule has 3 rings (SSSR count). The molecule has 2 aromatic carbocycles. The molecule has 1 N–H and O–H groups in total. The predicted octanol–water partition coefficient (Wildman–Crippen LogP) is 3.37. The SMILES string of the molecule is COc1ccc(Cl)cc1N1CC(C(=O)NCCc2ccccc2C)CC1=O. The van der Waals surface area contributed by atoms with Gasteiger partial charge >= 0.3 is 0 Å². The van der Waals surface area contributed by atoms with E-state index in [0.29, 0.717) is 29.5 Å². The molecule has 1 aliphatic heterocycles. The number of amides is 2. The van der Waals surface area contributed by atoms with Crippen LogP contribution in [0.5, 0.6) is 5.75 Å². The Morgan fingerprint density at radius 1 is 1.30 bits per heavy atom. The number of ether oxygens (including phenoxy) is 1. The Kier molecular flexibility index (Phi) is 6.01. The second-order valence-corrected chi connectivity index (χ2v) is 7.13. The zero-order chi connectivity index (χ0) is 19.4. The third-order valence-corrected chi connectivity index (χ3v) is 5.12. The summed E-state index contributed by atoms with van der Waals surface area (Å²) in [4.78, 5) is 26.6. The first-order chi connectivity index (χ1) is 13.0. The molecule has 0 radical (unpaired) electrons. The molecule has 5 nitrogen and oxygen atoms in total. The van der Waals surface area contributed by atoms with Crippen LogP contribution in [-0.4, -0.2) is 32.0 Å². The highest BCUT2D eigenvalue weighted by atomic mass is 35.5. The van der Waals surface area contributed by atoms with Gasteiger partial charge in [0.1, 0.15) is 5.75 Å². The lowest BCUT2D eigenvalue weighted by Crippen LogP contribution is -2.34. The molecule has 1 unspecified atom stereocenters. The maximum atomic E-state index is 12.5. The number of nitrogens with one attached hydrogen (secondary N) is 1. The number of halogens is 1. The average Bonchev–Trinajstić information content (AvgIpc) is 3.05. The van der Waals surface area contributed by atoms with E-state index in [1.807, 2.05) is 12.1 Å². The standard InChI is InChI=1S/C21H23ClN2O3/c1-14-5-3-4-6-15(14)9-10-23-21(26)16-11-20(25)24(13-16)18-12-17(22)7-8-19(18)27-2/h3-8,12,16H,9-11,13H2,1-2H3,(H,23,26). The van der Waals surface area contributed by atoms with Crippen LogP contribution in [0.2, 0.25) is 5.02 Å². The summed E-state index contributed by atoms with van der Waals surface area (Å²) in [5.41, 5.74) is 3.03. The van der Waals surface area contributed by atoms with E-state index in [2.05, 4.69) is 24.4 Å². The predicted molar refractivity (Wildman–Crippen MR) is 106 cm³/mol. The Labute approximate surface area is 164 Å². The van der Waals surface area contributed by atoms with Gasteiger partial charge in [-0.2, -0.15) is 0 Å². The van der Waals surface area contributed by atoms with Gasteiger partial charge in [0.25, 0.3) is 0 Å². The number of methoxy groups -OCH3 is 1. The first kappa shape index (κ1) is 19.2. The summed E-state index contributed by atoms with van der Waals surface area (Å²) in [7, 11) is 1.54. The molecule has 0 bridgehead atoms. The van der Waals surface area contributed by atoms with E-state index < -0.39 is 0 Å². The fourth-order valence-electron chi connectivity index (χ4n) is 3.35. The fourth-order valence-corrected chi connectivity index (χ4v) is 3.51. The molecule has 142 valence electrons. The lowest BCUT2D eigenvalue weighted by atomic mass is 10.1. The summed E-state index contributed by atoms with van der Waals surface area (Å²) in [6.07, 6.45) is 0.955. The lowest BCUT2D eigenvalue weighted by Gasteiger charge is -2.20. The van der Waals surface area contributed by atoms with Crippen molar-refractivity contribution in [3.05, 3.63) is 58.6 Å². The van der Waals surface area contributed by atoms with E-state index >= 15 is 0 Å². The number of rotatable bonds is 6. The Hall–Kier alpha value is -2.53. The van der Waals surface area contributed by atoms with E-state index in [-0.39, 0.29) is 24.2 Å². The number of aryl methyl sites for hydroxylation is 1. The smallest absolute Gasteiger partial charge is 0.227 e. The third-order valence-electron chi connectivity index (χ3n) is 4.88. The van der Waals surface area contributed by atoms with Crippen LogP contribution < -0.4 is 15.0 Å². The molecule has 0 saturated carbocycles. The van der Waals surface area contributed by atoms with Crippen molar-refractivity contribution >= 4 is 29.1 Å². The average molecular weight is 387 g/mol. The Bertz CT molecular complexity index is 853. The van der Waals surface area contributed by atoms with E-state index in [4.69, 9.17) is 16.3 Å². The fraction of sp³-hybridized carbons (Fsp3) is 0.333. The van der Waals surface area contributed by atoms with Gasteiger partial charge in [-0.3, -0.25) is 9.59 Å². The number of benzene rings is 2. The summed E-state index contributed by atoms with van der Waals surface area (Å²) in [5, 5.41) is 3.48. The zero-order valence-corrected chi connectivity index (χ0v) is 16.3. The molecule has 1 aliphatic rings. The van der Waals surface area contributed by atoms with Gasteiger partial charge in [0.05, 0.1) is 18.7 Å². The van der Waals surface area contributed by atoms with Gasteiger partial charge in [0.15, 0.2) is 0 Å². The van der Waals surface area contributed by atoms with Gasteiger partial charge in [-0.25, -0.2) is 0 Å². The molecule has 0 spiro atoms. The monoisotopic (exact) mass is 386 g/mol. The minimum Gasteiger partial charge on any atom is -0.495 e.